The number of hydrogen-bond donors (Lipinski definition) is 1. The number of anilines is 1. The molecule has 0 amide bonds. The van der Waals surface area contributed by atoms with E-state index in [1.165, 1.54) is 16.8 Å². The van der Waals surface area contributed by atoms with Gasteiger partial charge in [-0.2, -0.15) is 11.8 Å². The molecule has 0 saturated heterocycles. The van der Waals surface area contributed by atoms with Gasteiger partial charge in [-0.05, 0) is 24.5 Å². The topological polar surface area (TPSA) is 50.7 Å². The summed E-state index contributed by atoms with van der Waals surface area (Å²) in [6.45, 7) is 5.26. The molecular weight excluding hydrogens is 280 g/mol. The monoisotopic (exact) mass is 300 g/mol. The normalized spacial score (nSPS) is 13.2. The first-order valence-corrected chi connectivity index (χ1v) is 8.63. The first-order valence-electron chi connectivity index (χ1n) is 7.48. The van der Waals surface area contributed by atoms with Crippen molar-refractivity contribution in [1.29, 1.82) is 0 Å². The van der Waals surface area contributed by atoms with Crippen LogP contribution in [0, 0.1) is 0 Å². The highest BCUT2D eigenvalue weighted by Gasteiger charge is 2.20. The fraction of sp³-hybridized carbons (Fsp3) is 0.438. The molecule has 3 heterocycles. The summed E-state index contributed by atoms with van der Waals surface area (Å²) >= 11 is 1.91. The largest absolute Gasteiger partial charge is 0.370 e. The van der Waals surface area contributed by atoms with Crippen molar-refractivity contribution in [3.63, 3.8) is 0 Å². The van der Waals surface area contributed by atoms with Gasteiger partial charge in [-0.15, -0.1) is 0 Å². The third-order valence-corrected chi connectivity index (χ3v) is 4.62. The molecule has 0 unspecified atom stereocenters. The standard InChI is InChI=1S/C16H20N4S/c1-3-6-18-15-13-9-21-10-14(13)19-16(20-15)12-5-7-17-8-11(12)4-2/h5,7-8H,3-4,6,9-10H2,1-2H3,(H,18,19,20). The molecule has 0 atom stereocenters. The third-order valence-electron chi connectivity index (χ3n) is 3.65. The number of nitrogens with one attached hydrogen (secondary N) is 1. The summed E-state index contributed by atoms with van der Waals surface area (Å²) in [5.74, 6) is 3.84. The first kappa shape index (κ1) is 14.3. The average Bonchev–Trinajstić information content (AvgIpc) is 3.01. The maximum atomic E-state index is 4.80. The van der Waals surface area contributed by atoms with Crippen LogP contribution in [-0.2, 0) is 17.9 Å². The van der Waals surface area contributed by atoms with Gasteiger partial charge in [0.05, 0.1) is 5.69 Å². The van der Waals surface area contributed by atoms with E-state index in [2.05, 4.69) is 24.1 Å². The number of thioether (sulfide) groups is 1. The van der Waals surface area contributed by atoms with E-state index < -0.39 is 0 Å². The maximum Gasteiger partial charge on any atom is 0.162 e. The van der Waals surface area contributed by atoms with E-state index in [4.69, 9.17) is 9.97 Å². The van der Waals surface area contributed by atoms with Crippen LogP contribution in [0.2, 0.25) is 0 Å². The van der Waals surface area contributed by atoms with Gasteiger partial charge in [0.1, 0.15) is 5.82 Å². The molecule has 3 rings (SSSR count). The van der Waals surface area contributed by atoms with Gasteiger partial charge in [-0.25, -0.2) is 9.97 Å². The van der Waals surface area contributed by atoms with E-state index >= 15 is 0 Å². The molecule has 0 aromatic carbocycles. The average molecular weight is 300 g/mol. The maximum absolute atomic E-state index is 4.80. The second-order valence-corrected chi connectivity index (χ2v) is 6.11. The molecule has 1 aliphatic heterocycles. The second kappa shape index (κ2) is 6.43. The lowest BCUT2D eigenvalue weighted by Gasteiger charge is -2.12. The summed E-state index contributed by atoms with van der Waals surface area (Å²) in [5, 5.41) is 3.46. The molecule has 5 heteroatoms. The summed E-state index contributed by atoms with van der Waals surface area (Å²) in [6.07, 6.45) is 5.77. The molecule has 0 radical (unpaired) electrons. The van der Waals surface area contributed by atoms with E-state index in [-0.39, 0.29) is 0 Å². The Morgan fingerprint density at radius 2 is 2.14 bits per heavy atom. The molecule has 21 heavy (non-hydrogen) atoms. The lowest BCUT2D eigenvalue weighted by molar-refractivity contribution is 0.953. The van der Waals surface area contributed by atoms with Crippen LogP contribution in [0.5, 0.6) is 0 Å². The fourth-order valence-corrected chi connectivity index (χ4v) is 3.53. The number of rotatable bonds is 5. The summed E-state index contributed by atoms with van der Waals surface area (Å²) in [5.41, 5.74) is 4.77. The summed E-state index contributed by atoms with van der Waals surface area (Å²) in [6, 6.07) is 2.02. The molecule has 0 saturated carbocycles. The fourth-order valence-electron chi connectivity index (χ4n) is 2.49. The molecular formula is C16H20N4S. The summed E-state index contributed by atoms with van der Waals surface area (Å²) in [4.78, 5) is 13.8. The Kier molecular flexibility index (Phi) is 4.39. The van der Waals surface area contributed by atoms with Crippen LogP contribution in [0.15, 0.2) is 18.5 Å². The van der Waals surface area contributed by atoms with Gasteiger partial charge in [-0.1, -0.05) is 13.8 Å². The molecule has 1 N–H and O–H groups in total. The quantitative estimate of drug-likeness (QED) is 0.913. The molecule has 2 aromatic heterocycles. The highest BCUT2D eigenvalue weighted by atomic mass is 32.2. The van der Waals surface area contributed by atoms with Crippen molar-refractivity contribution in [3.05, 3.63) is 35.3 Å². The van der Waals surface area contributed by atoms with Crippen LogP contribution in [-0.4, -0.2) is 21.5 Å². The van der Waals surface area contributed by atoms with Crippen LogP contribution >= 0.6 is 11.8 Å². The zero-order chi connectivity index (χ0) is 14.7. The molecule has 0 aliphatic carbocycles. The Bertz CT molecular complexity index is 642. The lowest BCUT2D eigenvalue weighted by Crippen LogP contribution is -2.08. The number of aromatic nitrogens is 3. The number of pyridine rings is 1. The van der Waals surface area contributed by atoms with E-state index in [0.717, 1.165) is 48.1 Å². The van der Waals surface area contributed by atoms with Crippen LogP contribution in [0.25, 0.3) is 11.4 Å². The highest BCUT2D eigenvalue weighted by Crippen LogP contribution is 2.34. The molecule has 0 spiro atoms. The van der Waals surface area contributed by atoms with Crippen molar-refractivity contribution in [2.45, 2.75) is 38.2 Å². The Labute approximate surface area is 129 Å². The minimum absolute atomic E-state index is 0.828. The Morgan fingerprint density at radius 3 is 2.95 bits per heavy atom. The van der Waals surface area contributed by atoms with Crippen LogP contribution < -0.4 is 5.32 Å². The van der Waals surface area contributed by atoms with Gasteiger partial charge >= 0.3 is 0 Å². The van der Waals surface area contributed by atoms with Gasteiger partial charge in [0, 0.05) is 41.6 Å². The van der Waals surface area contributed by atoms with Gasteiger partial charge in [0.25, 0.3) is 0 Å². The van der Waals surface area contributed by atoms with E-state index in [0.29, 0.717) is 0 Å². The van der Waals surface area contributed by atoms with Gasteiger partial charge in [0.2, 0.25) is 0 Å². The summed E-state index contributed by atoms with van der Waals surface area (Å²) < 4.78 is 0. The molecule has 0 bridgehead atoms. The molecule has 4 nitrogen and oxygen atoms in total. The summed E-state index contributed by atoms with van der Waals surface area (Å²) in [7, 11) is 0. The van der Waals surface area contributed by atoms with Crippen LogP contribution in [0.1, 0.15) is 37.1 Å². The number of hydrogen-bond acceptors (Lipinski definition) is 5. The van der Waals surface area contributed by atoms with Crippen molar-refractivity contribution >= 4 is 17.6 Å². The van der Waals surface area contributed by atoms with Crippen molar-refractivity contribution < 1.29 is 0 Å². The van der Waals surface area contributed by atoms with Crippen LogP contribution in [0.3, 0.4) is 0 Å². The first-order chi connectivity index (χ1) is 10.3. The predicted octanol–water partition coefficient (Wildman–Crippen LogP) is 3.67. The van der Waals surface area contributed by atoms with Crippen molar-refractivity contribution in [3.8, 4) is 11.4 Å². The number of fused-ring (bicyclic) bond motifs is 1. The van der Waals surface area contributed by atoms with Gasteiger partial charge in [-0.3, -0.25) is 4.98 Å². The van der Waals surface area contributed by atoms with Crippen LogP contribution in [0.4, 0.5) is 5.82 Å². The Hall–Kier alpha value is -1.62. The van der Waals surface area contributed by atoms with Gasteiger partial charge < -0.3 is 5.32 Å². The Balaban J connectivity index is 2.07. The van der Waals surface area contributed by atoms with Gasteiger partial charge in [0.15, 0.2) is 5.82 Å². The molecule has 0 fully saturated rings. The third kappa shape index (κ3) is 2.88. The SMILES string of the molecule is CCCNc1nc(-c2ccncc2CC)nc2c1CSC2. The van der Waals surface area contributed by atoms with Crippen molar-refractivity contribution in [2.75, 3.05) is 11.9 Å². The molecule has 110 valence electrons. The zero-order valence-corrected chi connectivity index (χ0v) is 13.3. The number of aryl methyl sites for hydroxylation is 1. The van der Waals surface area contributed by atoms with E-state index in [9.17, 15) is 0 Å². The minimum atomic E-state index is 0.828. The molecule has 1 aliphatic rings. The van der Waals surface area contributed by atoms with Crippen molar-refractivity contribution in [2.24, 2.45) is 0 Å². The number of nitrogens with zero attached hydrogens (tertiary/aromatic N) is 3. The smallest absolute Gasteiger partial charge is 0.162 e. The zero-order valence-electron chi connectivity index (χ0n) is 12.5. The van der Waals surface area contributed by atoms with Crippen molar-refractivity contribution in [1.82, 2.24) is 15.0 Å². The molecule has 2 aromatic rings. The van der Waals surface area contributed by atoms with E-state index in [1.54, 1.807) is 0 Å². The predicted molar refractivity (Wildman–Crippen MR) is 88.4 cm³/mol. The second-order valence-electron chi connectivity index (χ2n) is 5.13. The van der Waals surface area contributed by atoms with E-state index in [1.807, 2.05) is 30.2 Å². The Morgan fingerprint density at radius 1 is 1.24 bits per heavy atom. The lowest BCUT2D eigenvalue weighted by atomic mass is 10.1. The minimum Gasteiger partial charge on any atom is -0.370 e. The highest BCUT2D eigenvalue weighted by molar-refractivity contribution is 7.98.